The summed E-state index contributed by atoms with van der Waals surface area (Å²) in [5.74, 6) is 0.410. The summed E-state index contributed by atoms with van der Waals surface area (Å²) in [4.78, 5) is 13.6. The first-order chi connectivity index (χ1) is 6.81. The van der Waals surface area contributed by atoms with E-state index in [1.54, 1.807) is 0 Å². The molecule has 0 aromatic rings. The molecule has 0 radical (unpaired) electrons. The molecule has 2 fully saturated rings. The van der Waals surface area contributed by atoms with E-state index >= 15 is 0 Å². The highest BCUT2D eigenvalue weighted by Gasteiger charge is 2.34. The summed E-state index contributed by atoms with van der Waals surface area (Å²) in [5, 5.41) is 12.3. The van der Waals surface area contributed by atoms with Gasteiger partial charge in [0.1, 0.15) is 0 Å². The van der Waals surface area contributed by atoms with E-state index in [-0.39, 0.29) is 18.4 Å². The molecule has 1 atom stereocenters. The Labute approximate surface area is 84.3 Å². The maximum Gasteiger partial charge on any atom is 0.223 e. The zero-order chi connectivity index (χ0) is 9.97. The van der Waals surface area contributed by atoms with E-state index in [0.29, 0.717) is 12.5 Å². The summed E-state index contributed by atoms with van der Waals surface area (Å²) in [7, 11) is 0. The average molecular weight is 198 g/mol. The number of nitrogens with one attached hydrogen (secondary N) is 1. The lowest BCUT2D eigenvalue weighted by atomic mass is 10.1. The number of hydrogen-bond acceptors (Lipinski definition) is 3. The summed E-state index contributed by atoms with van der Waals surface area (Å²) >= 11 is 0. The van der Waals surface area contributed by atoms with Crippen LogP contribution in [0.25, 0.3) is 0 Å². The van der Waals surface area contributed by atoms with Crippen LogP contribution in [0.3, 0.4) is 0 Å². The average Bonchev–Trinajstić information content (AvgIpc) is 2.61. The molecule has 2 aliphatic heterocycles. The van der Waals surface area contributed by atoms with Gasteiger partial charge in [-0.1, -0.05) is 0 Å². The smallest absolute Gasteiger partial charge is 0.223 e. The Morgan fingerprint density at radius 1 is 1.43 bits per heavy atom. The largest absolute Gasteiger partial charge is 0.396 e. The van der Waals surface area contributed by atoms with Crippen LogP contribution in [-0.2, 0) is 4.79 Å². The highest BCUT2D eigenvalue weighted by atomic mass is 16.3. The lowest BCUT2D eigenvalue weighted by molar-refractivity contribution is -0.130. The molecule has 4 heteroatoms. The number of amides is 1. The van der Waals surface area contributed by atoms with E-state index in [4.69, 9.17) is 5.11 Å². The van der Waals surface area contributed by atoms with Crippen LogP contribution in [0.4, 0.5) is 0 Å². The van der Waals surface area contributed by atoms with Crippen LogP contribution in [0.5, 0.6) is 0 Å². The predicted octanol–water partition coefficient (Wildman–Crippen LogP) is -0.421. The van der Waals surface area contributed by atoms with Crippen molar-refractivity contribution in [1.82, 2.24) is 10.2 Å². The maximum atomic E-state index is 11.6. The highest BCUT2D eigenvalue weighted by Crippen LogP contribution is 2.23. The Morgan fingerprint density at radius 2 is 2.14 bits per heavy atom. The molecule has 0 aliphatic carbocycles. The van der Waals surface area contributed by atoms with Crippen molar-refractivity contribution in [2.75, 3.05) is 26.2 Å². The number of piperidine rings is 1. The zero-order valence-electron chi connectivity index (χ0n) is 8.41. The molecule has 0 aromatic carbocycles. The molecule has 2 heterocycles. The second-order valence-corrected chi connectivity index (χ2v) is 4.28. The van der Waals surface area contributed by atoms with Crippen molar-refractivity contribution in [2.45, 2.75) is 25.3 Å². The Bertz CT molecular complexity index is 214. The lowest BCUT2D eigenvalue weighted by Crippen LogP contribution is -2.43. The van der Waals surface area contributed by atoms with Gasteiger partial charge in [-0.25, -0.2) is 0 Å². The molecule has 0 bridgehead atoms. The first-order valence-electron chi connectivity index (χ1n) is 5.42. The van der Waals surface area contributed by atoms with Crippen molar-refractivity contribution >= 4 is 5.91 Å². The van der Waals surface area contributed by atoms with Crippen molar-refractivity contribution in [3.05, 3.63) is 0 Å². The fraction of sp³-hybridized carbons (Fsp3) is 0.900. The van der Waals surface area contributed by atoms with Crippen molar-refractivity contribution in [1.29, 1.82) is 0 Å². The highest BCUT2D eigenvalue weighted by molar-refractivity contribution is 5.79. The van der Waals surface area contributed by atoms with Gasteiger partial charge in [-0.2, -0.15) is 0 Å². The molecule has 2 N–H and O–H groups in total. The SMILES string of the molecule is O=C1CC(CO)CN1C1CCNCC1. The zero-order valence-corrected chi connectivity index (χ0v) is 8.41. The fourth-order valence-corrected chi connectivity index (χ4v) is 2.40. The second-order valence-electron chi connectivity index (χ2n) is 4.28. The molecule has 0 saturated carbocycles. The molecule has 4 nitrogen and oxygen atoms in total. The van der Waals surface area contributed by atoms with E-state index in [0.717, 1.165) is 32.5 Å². The first kappa shape index (κ1) is 9.93. The number of carbonyl (C=O) groups excluding carboxylic acids is 1. The van der Waals surface area contributed by atoms with Gasteiger partial charge < -0.3 is 15.3 Å². The van der Waals surface area contributed by atoms with Gasteiger partial charge in [0.15, 0.2) is 0 Å². The Morgan fingerprint density at radius 3 is 2.71 bits per heavy atom. The molecule has 0 aromatic heterocycles. The minimum absolute atomic E-state index is 0.146. The summed E-state index contributed by atoms with van der Waals surface area (Å²) in [5.41, 5.74) is 0. The molecule has 1 unspecified atom stereocenters. The molecule has 14 heavy (non-hydrogen) atoms. The maximum absolute atomic E-state index is 11.6. The molecule has 80 valence electrons. The van der Waals surface area contributed by atoms with Crippen molar-refractivity contribution < 1.29 is 9.90 Å². The molecule has 0 spiro atoms. The standard InChI is InChI=1S/C10H18N2O2/c13-7-8-5-10(14)12(6-8)9-1-3-11-4-2-9/h8-9,11,13H,1-7H2. The van der Waals surface area contributed by atoms with Gasteiger partial charge in [0.05, 0.1) is 0 Å². The fourth-order valence-electron chi connectivity index (χ4n) is 2.40. The topological polar surface area (TPSA) is 52.6 Å². The number of hydrogen-bond donors (Lipinski definition) is 2. The Kier molecular flexibility index (Phi) is 3.03. The van der Waals surface area contributed by atoms with Gasteiger partial charge in [-0.15, -0.1) is 0 Å². The van der Waals surface area contributed by atoms with E-state index in [2.05, 4.69) is 5.32 Å². The van der Waals surface area contributed by atoms with Crippen LogP contribution in [0.2, 0.25) is 0 Å². The number of aliphatic hydroxyl groups is 1. The van der Waals surface area contributed by atoms with Crippen LogP contribution in [0.15, 0.2) is 0 Å². The number of carbonyl (C=O) groups is 1. The van der Waals surface area contributed by atoms with Crippen LogP contribution in [-0.4, -0.2) is 48.2 Å². The molecule has 2 rings (SSSR count). The molecular weight excluding hydrogens is 180 g/mol. The molecule has 1 amide bonds. The number of nitrogens with zero attached hydrogens (tertiary/aromatic N) is 1. The number of rotatable bonds is 2. The monoisotopic (exact) mass is 198 g/mol. The van der Waals surface area contributed by atoms with Gasteiger partial charge >= 0.3 is 0 Å². The van der Waals surface area contributed by atoms with Crippen LogP contribution < -0.4 is 5.32 Å². The summed E-state index contributed by atoms with van der Waals surface area (Å²) in [6, 6.07) is 0.417. The minimum Gasteiger partial charge on any atom is -0.396 e. The lowest BCUT2D eigenvalue weighted by Gasteiger charge is -2.31. The normalized spacial score (nSPS) is 29.9. The van der Waals surface area contributed by atoms with Gasteiger partial charge in [0, 0.05) is 31.5 Å². The van der Waals surface area contributed by atoms with E-state index < -0.39 is 0 Å². The number of likely N-dealkylation sites (tertiary alicyclic amines) is 1. The van der Waals surface area contributed by atoms with Gasteiger partial charge in [0.25, 0.3) is 0 Å². The van der Waals surface area contributed by atoms with Crippen molar-refractivity contribution in [3.63, 3.8) is 0 Å². The van der Waals surface area contributed by atoms with Crippen molar-refractivity contribution in [3.8, 4) is 0 Å². The summed E-state index contributed by atoms with van der Waals surface area (Å²) in [6.45, 7) is 2.93. The quantitative estimate of drug-likeness (QED) is 0.633. The second kappa shape index (κ2) is 4.28. The van der Waals surface area contributed by atoms with Gasteiger partial charge in [0.2, 0.25) is 5.91 Å². The Balaban J connectivity index is 1.93. The third-order valence-corrected chi connectivity index (χ3v) is 3.25. The minimum atomic E-state index is 0.146. The van der Waals surface area contributed by atoms with Crippen molar-refractivity contribution in [2.24, 2.45) is 5.92 Å². The van der Waals surface area contributed by atoms with E-state index in [9.17, 15) is 4.79 Å². The Hall–Kier alpha value is -0.610. The molecular formula is C10H18N2O2. The van der Waals surface area contributed by atoms with E-state index in [1.165, 1.54) is 0 Å². The third-order valence-electron chi connectivity index (χ3n) is 3.25. The summed E-state index contributed by atoms with van der Waals surface area (Å²) < 4.78 is 0. The van der Waals surface area contributed by atoms with Crippen LogP contribution in [0, 0.1) is 5.92 Å². The summed E-state index contributed by atoms with van der Waals surface area (Å²) in [6.07, 6.45) is 2.66. The first-order valence-corrected chi connectivity index (χ1v) is 5.42. The van der Waals surface area contributed by atoms with Gasteiger partial charge in [-0.3, -0.25) is 4.79 Å². The van der Waals surface area contributed by atoms with Crippen LogP contribution >= 0.6 is 0 Å². The van der Waals surface area contributed by atoms with Gasteiger partial charge in [-0.05, 0) is 25.9 Å². The third kappa shape index (κ3) is 1.91. The number of aliphatic hydroxyl groups excluding tert-OH is 1. The van der Waals surface area contributed by atoms with Crippen LogP contribution in [0.1, 0.15) is 19.3 Å². The molecule has 2 saturated heterocycles. The molecule has 2 aliphatic rings. The van der Waals surface area contributed by atoms with E-state index in [1.807, 2.05) is 4.90 Å². The predicted molar refractivity (Wildman–Crippen MR) is 52.8 cm³/mol.